The number of likely N-dealkylation sites (N-methyl/N-ethyl adjacent to an activating group) is 1. The molecule has 1 aliphatic rings. The number of furan rings is 1. The Morgan fingerprint density at radius 2 is 2.00 bits per heavy atom. The third-order valence-electron chi connectivity index (χ3n) is 5.08. The molecule has 0 bridgehead atoms. The SMILES string of the molecule is CN(C)[C@@H](CNc1c(N2CCN(CCC#N)CC2)c(=O)c1=O)c1ccco1. The minimum atomic E-state index is -0.450. The van der Waals surface area contributed by atoms with Gasteiger partial charge in [-0.1, -0.05) is 0 Å². The van der Waals surface area contributed by atoms with Crippen molar-refractivity contribution in [1.29, 1.82) is 5.26 Å². The fourth-order valence-corrected chi connectivity index (χ4v) is 3.47. The summed E-state index contributed by atoms with van der Waals surface area (Å²) in [5, 5.41) is 11.9. The zero-order valence-corrected chi connectivity index (χ0v) is 15.8. The zero-order valence-electron chi connectivity index (χ0n) is 15.8. The van der Waals surface area contributed by atoms with E-state index in [1.807, 2.05) is 36.0 Å². The highest BCUT2D eigenvalue weighted by Crippen LogP contribution is 2.24. The van der Waals surface area contributed by atoms with E-state index in [9.17, 15) is 9.59 Å². The topological polar surface area (TPSA) is 92.8 Å². The van der Waals surface area contributed by atoms with Gasteiger partial charge in [0.25, 0.3) is 10.9 Å². The molecule has 2 aromatic rings. The number of anilines is 2. The van der Waals surface area contributed by atoms with Crippen LogP contribution in [-0.2, 0) is 0 Å². The maximum absolute atomic E-state index is 12.2. The van der Waals surface area contributed by atoms with E-state index in [0.717, 1.165) is 25.4 Å². The quantitative estimate of drug-likeness (QED) is 0.676. The minimum Gasteiger partial charge on any atom is -0.468 e. The molecule has 1 aromatic heterocycles. The molecular formula is C19H25N5O3. The Morgan fingerprint density at radius 1 is 1.26 bits per heavy atom. The van der Waals surface area contributed by atoms with Gasteiger partial charge < -0.3 is 14.6 Å². The third-order valence-corrected chi connectivity index (χ3v) is 5.08. The van der Waals surface area contributed by atoms with E-state index in [-0.39, 0.29) is 6.04 Å². The van der Waals surface area contributed by atoms with Gasteiger partial charge in [0.05, 0.1) is 18.4 Å². The van der Waals surface area contributed by atoms with Crippen LogP contribution in [0, 0.1) is 11.3 Å². The van der Waals surface area contributed by atoms with Gasteiger partial charge in [-0.15, -0.1) is 0 Å². The van der Waals surface area contributed by atoms with Crippen molar-refractivity contribution in [2.45, 2.75) is 12.5 Å². The van der Waals surface area contributed by atoms with Crippen LogP contribution in [0.25, 0.3) is 0 Å². The smallest absolute Gasteiger partial charge is 0.253 e. The van der Waals surface area contributed by atoms with Crippen LogP contribution >= 0.6 is 0 Å². The van der Waals surface area contributed by atoms with Gasteiger partial charge in [-0.05, 0) is 26.2 Å². The molecule has 2 heterocycles. The van der Waals surface area contributed by atoms with Gasteiger partial charge in [-0.25, -0.2) is 0 Å². The molecule has 8 heteroatoms. The molecule has 0 saturated carbocycles. The molecule has 1 aromatic carbocycles. The summed E-state index contributed by atoms with van der Waals surface area (Å²) in [7, 11) is 3.89. The van der Waals surface area contributed by atoms with Crippen LogP contribution in [0.4, 0.5) is 11.4 Å². The highest BCUT2D eigenvalue weighted by molar-refractivity contribution is 5.75. The molecule has 3 rings (SSSR count). The van der Waals surface area contributed by atoms with Crippen LogP contribution in [0.5, 0.6) is 0 Å². The molecule has 0 unspecified atom stereocenters. The summed E-state index contributed by atoms with van der Waals surface area (Å²) in [6, 6.07) is 5.84. The molecule has 144 valence electrons. The Kier molecular flexibility index (Phi) is 5.94. The molecule has 27 heavy (non-hydrogen) atoms. The molecule has 1 N–H and O–H groups in total. The highest BCUT2D eigenvalue weighted by atomic mass is 16.3. The lowest BCUT2D eigenvalue weighted by Crippen LogP contribution is -2.51. The van der Waals surface area contributed by atoms with Crippen molar-refractivity contribution in [3.63, 3.8) is 0 Å². The number of rotatable bonds is 8. The van der Waals surface area contributed by atoms with E-state index in [0.29, 0.717) is 37.4 Å². The maximum Gasteiger partial charge on any atom is 0.253 e. The first-order valence-electron chi connectivity index (χ1n) is 9.14. The van der Waals surface area contributed by atoms with Crippen molar-refractivity contribution in [3.05, 3.63) is 44.6 Å². The minimum absolute atomic E-state index is 0.0416. The van der Waals surface area contributed by atoms with E-state index in [1.54, 1.807) is 6.26 Å². The monoisotopic (exact) mass is 371 g/mol. The van der Waals surface area contributed by atoms with Crippen molar-refractivity contribution >= 4 is 11.4 Å². The van der Waals surface area contributed by atoms with Gasteiger partial charge >= 0.3 is 0 Å². The summed E-state index contributed by atoms with van der Waals surface area (Å²) in [5.74, 6) is 0.804. The summed E-state index contributed by atoms with van der Waals surface area (Å²) < 4.78 is 5.49. The molecule has 0 radical (unpaired) electrons. The van der Waals surface area contributed by atoms with Crippen LogP contribution in [0.15, 0.2) is 32.4 Å². The Labute approximate surface area is 158 Å². The number of nitrogens with zero attached hydrogens (tertiary/aromatic N) is 4. The summed E-state index contributed by atoms with van der Waals surface area (Å²) in [6.45, 7) is 4.15. The molecule has 1 fully saturated rings. The van der Waals surface area contributed by atoms with E-state index in [4.69, 9.17) is 9.68 Å². The first-order chi connectivity index (χ1) is 13.0. The number of hydrogen-bond acceptors (Lipinski definition) is 8. The number of nitrogens with one attached hydrogen (secondary N) is 1. The predicted octanol–water partition coefficient (Wildman–Crippen LogP) is 0.626. The fraction of sp³-hybridized carbons (Fsp3) is 0.526. The third kappa shape index (κ3) is 4.04. The average molecular weight is 371 g/mol. The Hall–Kier alpha value is -2.63. The van der Waals surface area contributed by atoms with E-state index in [1.165, 1.54) is 0 Å². The van der Waals surface area contributed by atoms with Gasteiger partial charge in [0, 0.05) is 45.7 Å². The van der Waals surface area contributed by atoms with Crippen molar-refractivity contribution in [3.8, 4) is 6.07 Å². The second kappa shape index (κ2) is 8.37. The number of piperazine rings is 1. The largest absolute Gasteiger partial charge is 0.468 e. The van der Waals surface area contributed by atoms with Gasteiger partial charge in [0.1, 0.15) is 17.1 Å². The first kappa shape index (κ1) is 19.1. The Bertz CT molecular complexity index is 853. The van der Waals surface area contributed by atoms with Crippen molar-refractivity contribution < 1.29 is 4.42 Å². The normalized spacial score (nSPS) is 16.6. The molecule has 0 aliphatic carbocycles. The van der Waals surface area contributed by atoms with E-state index < -0.39 is 10.9 Å². The Morgan fingerprint density at radius 3 is 2.59 bits per heavy atom. The molecule has 0 amide bonds. The van der Waals surface area contributed by atoms with Crippen LogP contribution in [0.1, 0.15) is 18.2 Å². The molecule has 1 atom stereocenters. The van der Waals surface area contributed by atoms with Gasteiger partial charge in [-0.3, -0.25) is 19.4 Å². The van der Waals surface area contributed by atoms with Crippen LogP contribution < -0.4 is 21.1 Å². The highest BCUT2D eigenvalue weighted by Gasteiger charge is 2.29. The summed E-state index contributed by atoms with van der Waals surface area (Å²) in [5.41, 5.74) is 0.0389. The molecular weight excluding hydrogens is 346 g/mol. The average Bonchev–Trinajstić information content (AvgIpc) is 3.20. The van der Waals surface area contributed by atoms with E-state index in [2.05, 4.69) is 16.3 Å². The van der Waals surface area contributed by atoms with Gasteiger partial charge in [0.2, 0.25) is 0 Å². The predicted molar refractivity (Wildman–Crippen MR) is 104 cm³/mol. The van der Waals surface area contributed by atoms with Gasteiger partial charge in [-0.2, -0.15) is 5.26 Å². The lowest BCUT2D eigenvalue weighted by Gasteiger charge is -2.37. The summed E-state index contributed by atoms with van der Waals surface area (Å²) in [6.07, 6.45) is 2.13. The van der Waals surface area contributed by atoms with Crippen molar-refractivity contribution in [2.75, 3.05) is 63.6 Å². The van der Waals surface area contributed by atoms with Crippen molar-refractivity contribution in [2.24, 2.45) is 0 Å². The lowest BCUT2D eigenvalue weighted by molar-refractivity contribution is 0.263. The zero-order chi connectivity index (χ0) is 19.4. The van der Waals surface area contributed by atoms with Crippen LogP contribution in [0.3, 0.4) is 0 Å². The number of nitriles is 1. The standard InChI is InChI=1S/C19H25N5O3/c1-22(2)14(15-5-3-12-27-15)13-21-16-17(19(26)18(16)25)24-10-8-23(9-11-24)7-4-6-20/h3,5,12,14,21H,4,7-11,13H2,1-2H3/t14-/m0/s1. The van der Waals surface area contributed by atoms with Gasteiger partial charge in [0.15, 0.2) is 0 Å². The Balaban J connectivity index is 1.65. The molecule has 1 aliphatic heterocycles. The summed E-state index contributed by atoms with van der Waals surface area (Å²) in [4.78, 5) is 30.5. The molecule has 0 spiro atoms. The fourth-order valence-electron chi connectivity index (χ4n) is 3.47. The molecule has 8 nitrogen and oxygen atoms in total. The van der Waals surface area contributed by atoms with Crippen LogP contribution in [0.2, 0.25) is 0 Å². The van der Waals surface area contributed by atoms with E-state index >= 15 is 0 Å². The lowest BCUT2D eigenvalue weighted by atomic mass is 10.1. The first-order valence-corrected chi connectivity index (χ1v) is 9.14. The summed E-state index contributed by atoms with van der Waals surface area (Å²) >= 11 is 0. The second-order valence-electron chi connectivity index (χ2n) is 6.99. The van der Waals surface area contributed by atoms with Crippen LogP contribution in [-0.4, -0.2) is 63.2 Å². The molecule has 1 saturated heterocycles. The second-order valence-corrected chi connectivity index (χ2v) is 6.99. The van der Waals surface area contributed by atoms with Crippen molar-refractivity contribution in [1.82, 2.24) is 9.80 Å². The maximum atomic E-state index is 12.2. The number of hydrogen-bond donors (Lipinski definition) is 1.